The van der Waals surface area contributed by atoms with Gasteiger partial charge in [0.05, 0.1) is 11.5 Å². The molecule has 2 aromatic carbocycles. The Morgan fingerprint density at radius 3 is 2.63 bits per heavy atom. The van der Waals surface area contributed by atoms with Crippen LogP contribution in [0.25, 0.3) is 0 Å². The molecule has 0 aliphatic carbocycles. The first-order valence-corrected chi connectivity index (χ1v) is 7.94. The van der Waals surface area contributed by atoms with Crippen molar-refractivity contribution in [2.45, 2.75) is 6.54 Å². The summed E-state index contributed by atoms with van der Waals surface area (Å²) in [7, 11) is 0. The van der Waals surface area contributed by atoms with E-state index >= 15 is 0 Å². The third-order valence-electron chi connectivity index (χ3n) is 3.82. The normalized spacial score (nSPS) is 10.4. The van der Waals surface area contributed by atoms with Crippen molar-refractivity contribution in [3.05, 3.63) is 104 Å². The first-order chi connectivity index (χ1) is 12.9. The summed E-state index contributed by atoms with van der Waals surface area (Å²) in [5.74, 6) is -1.18. The maximum absolute atomic E-state index is 13.2. The van der Waals surface area contributed by atoms with Crippen LogP contribution < -0.4 is 10.9 Å². The maximum Gasteiger partial charge on any atom is 0.269 e. The smallest absolute Gasteiger partial charge is 0.269 e. The molecule has 0 aliphatic heterocycles. The van der Waals surface area contributed by atoms with Gasteiger partial charge in [0.15, 0.2) is 0 Å². The first kappa shape index (κ1) is 18.0. The van der Waals surface area contributed by atoms with Crippen LogP contribution >= 0.6 is 0 Å². The van der Waals surface area contributed by atoms with Gasteiger partial charge in [0.1, 0.15) is 11.4 Å². The van der Waals surface area contributed by atoms with Gasteiger partial charge >= 0.3 is 0 Å². The highest BCUT2D eigenvalue weighted by Crippen LogP contribution is 2.14. The van der Waals surface area contributed by atoms with Gasteiger partial charge in [-0.05, 0) is 35.9 Å². The number of anilines is 1. The van der Waals surface area contributed by atoms with Gasteiger partial charge in [0.25, 0.3) is 17.2 Å². The molecule has 0 spiro atoms. The van der Waals surface area contributed by atoms with Gasteiger partial charge in [-0.1, -0.05) is 18.2 Å². The molecule has 136 valence electrons. The molecule has 7 nitrogen and oxygen atoms in total. The molecule has 0 aliphatic rings. The number of nitrogens with one attached hydrogen (secondary N) is 1. The summed E-state index contributed by atoms with van der Waals surface area (Å²) in [5, 5.41) is 13.3. The van der Waals surface area contributed by atoms with Gasteiger partial charge in [0, 0.05) is 24.0 Å². The quantitative estimate of drug-likeness (QED) is 0.553. The Balaban J connectivity index is 1.85. The van der Waals surface area contributed by atoms with E-state index in [0.717, 1.165) is 6.07 Å². The van der Waals surface area contributed by atoms with E-state index < -0.39 is 22.2 Å². The van der Waals surface area contributed by atoms with Crippen LogP contribution in [-0.2, 0) is 6.54 Å². The van der Waals surface area contributed by atoms with Crippen LogP contribution in [-0.4, -0.2) is 15.4 Å². The molecule has 0 saturated carbocycles. The standard InChI is InChI=1S/C19H14FN3O4/c20-14-5-2-6-15(11-14)21-18(24)17-8-3-9-22(19(17)25)12-13-4-1-7-16(10-13)23(26)27/h1-11H,12H2,(H,21,24). The van der Waals surface area contributed by atoms with E-state index in [2.05, 4.69) is 5.32 Å². The van der Waals surface area contributed by atoms with Crippen LogP contribution in [0.2, 0.25) is 0 Å². The zero-order valence-corrected chi connectivity index (χ0v) is 14.0. The minimum atomic E-state index is -0.668. The highest BCUT2D eigenvalue weighted by Gasteiger charge is 2.14. The predicted molar refractivity (Wildman–Crippen MR) is 97.3 cm³/mol. The third kappa shape index (κ3) is 4.24. The largest absolute Gasteiger partial charge is 0.322 e. The van der Waals surface area contributed by atoms with Crippen LogP contribution in [0.4, 0.5) is 15.8 Å². The van der Waals surface area contributed by atoms with Gasteiger partial charge in [-0.15, -0.1) is 0 Å². The minimum absolute atomic E-state index is 0.0710. The predicted octanol–water partition coefficient (Wildman–Crippen LogP) is 3.20. The van der Waals surface area contributed by atoms with Crippen molar-refractivity contribution in [1.82, 2.24) is 4.57 Å². The maximum atomic E-state index is 13.2. The fourth-order valence-corrected chi connectivity index (χ4v) is 2.56. The summed E-state index contributed by atoms with van der Waals surface area (Å²) < 4.78 is 14.5. The highest BCUT2D eigenvalue weighted by molar-refractivity contribution is 6.03. The first-order valence-electron chi connectivity index (χ1n) is 7.94. The Kier molecular flexibility index (Phi) is 5.07. The summed E-state index contributed by atoms with van der Waals surface area (Å²) in [6.07, 6.45) is 1.49. The summed E-state index contributed by atoms with van der Waals surface area (Å²) >= 11 is 0. The van der Waals surface area contributed by atoms with Gasteiger partial charge in [-0.2, -0.15) is 0 Å². The number of non-ortho nitro benzene ring substituents is 1. The summed E-state index contributed by atoms with van der Waals surface area (Å²) in [6.45, 7) is 0.0710. The number of amides is 1. The van der Waals surface area contributed by atoms with Crippen LogP contribution in [0, 0.1) is 15.9 Å². The second-order valence-corrected chi connectivity index (χ2v) is 5.75. The Hall–Kier alpha value is -3.81. The molecule has 0 fully saturated rings. The Bertz CT molecular complexity index is 1080. The van der Waals surface area contributed by atoms with Crippen molar-refractivity contribution in [3.8, 4) is 0 Å². The van der Waals surface area contributed by atoms with E-state index in [-0.39, 0.29) is 23.5 Å². The SMILES string of the molecule is O=C(Nc1cccc(F)c1)c1cccn(Cc2cccc([N+](=O)[O-])c2)c1=O. The lowest BCUT2D eigenvalue weighted by Gasteiger charge is -2.09. The highest BCUT2D eigenvalue weighted by atomic mass is 19.1. The van der Waals surface area contributed by atoms with Crippen LogP contribution in [0.5, 0.6) is 0 Å². The van der Waals surface area contributed by atoms with Crippen LogP contribution in [0.1, 0.15) is 15.9 Å². The minimum Gasteiger partial charge on any atom is -0.322 e. The van der Waals surface area contributed by atoms with E-state index in [1.54, 1.807) is 6.07 Å². The van der Waals surface area contributed by atoms with E-state index in [4.69, 9.17) is 0 Å². The molecule has 1 heterocycles. The molecule has 3 rings (SSSR count). The van der Waals surface area contributed by atoms with Gasteiger partial charge < -0.3 is 9.88 Å². The molecule has 8 heteroatoms. The second-order valence-electron chi connectivity index (χ2n) is 5.75. The number of hydrogen-bond donors (Lipinski definition) is 1. The van der Waals surface area contributed by atoms with E-state index in [9.17, 15) is 24.1 Å². The number of rotatable bonds is 5. The third-order valence-corrected chi connectivity index (χ3v) is 3.82. The molecule has 0 atom stereocenters. The lowest BCUT2D eigenvalue weighted by molar-refractivity contribution is -0.384. The van der Waals surface area contributed by atoms with Crippen molar-refractivity contribution in [1.29, 1.82) is 0 Å². The molecule has 0 radical (unpaired) electrons. The summed E-state index contributed by atoms with van der Waals surface area (Å²) in [5.41, 5.74) is 0.0214. The van der Waals surface area contributed by atoms with Gasteiger partial charge in [0.2, 0.25) is 0 Å². The van der Waals surface area contributed by atoms with Crippen molar-refractivity contribution in [3.63, 3.8) is 0 Å². The van der Waals surface area contributed by atoms with Crippen LogP contribution in [0.15, 0.2) is 71.7 Å². The molecule has 27 heavy (non-hydrogen) atoms. The van der Waals surface area contributed by atoms with Gasteiger partial charge in [-0.25, -0.2) is 4.39 Å². The zero-order valence-electron chi connectivity index (χ0n) is 14.0. The lowest BCUT2D eigenvalue weighted by Crippen LogP contribution is -2.29. The van der Waals surface area contributed by atoms with Crippen LogP contribution in [0.3, 0.4) is 0 Å². The molecule has 0 saturated heterocycles. The number of hydrogen-bond acceptors (Lipinski definition) is 4. The van der Waals surface area contributed by atoms with Crippen molar-refractivity contribution < 1.29 is 14.1 Å². The number of nitro benzene ring substituents is 1. The summed E-state index contributed by atoms with van der Waals surface area (Å²) in [4.78, 5) is 35.3. The van der Waals surface area contributed by atoms with Crippen molar-refractivity contribution in [2.24, 2.45) is 0 Å². The molecular weight excluding hydrogens is 353 g/mol. The second kappa shape index (κ2) is 7.61. The molecule has 0 unspecified atom stereocenters. The molecule has 3 aromatic rings. The number of benzene rings is 2. The molecule has 1 amide bonds. The number of halogens is 1. The number of pyridine rings is 1. The fourth-order valence-electron chi connectivity index (χ4n) is 2.56. The van der Waals surface area contributed by atoms with Gasteiger partial charge in [-0.3, -0.25) is 19.7 Å². The monoisotopic (exact) mass is 367 g/mol. The topological polar surface area (TPSA) is 94.2 Å². The number of carbonyl (C=O) groups is 1. The van der Waals surface area contributed by atoms with E-state index in [1.165, 1.54) is 59.3 Å². The molecule has 1 aromatic heterocycles. The number of nitrogens with zero attached hydrogens (tertiary/aromatic N) is 2. The Labute approximate surface area is 152 Å². The number of aromatic nitrogens is 1. The Morgan fingerprint density at radius 1 is 1.11 bits per heavy atom. The van der Waals surface area contributed by atoms with Crippen molar-refractivity contribution >= 4 is 17.3 Å². The van der Waals surface area contributed by atoms with E-state index in [1.807, 2.05) is 0 Å². The zero-order chi connectivity index (χ0) is 19.4. The molecular formula is C19H14FN3O4. The van der Waals surface area contributed by atoms with E-state index in [0.29, 0.717) is 5.56 Å². The molecule has 0 bridgehead atoms. The van der Waals surface area contributed by atoms with Crippen molar-refractivity contribution in [2.75, 3.05) is 5.32 Å². The number of nitro groups is 1. The fraction of sp³-hybridized carbons (Fsp3) is 0.0526. The summed E-state index contributed by atoms with van der Waals surface area (Å²) in [6, 6.07) is 14.1. The number of carbonyl (C=O) groups excluding carboxylic acids is 1. The average Bonchev–Trinajstić information content (AvgIpc) is 2.63. The average molecular weight is 367 g/mol. The Morgan fingerprint density at radius 2 is 1.89 bits per heavy atom. The lowest BCUT2D eigenvalue weighted by atomic mass is 10.2. The molecule has 1 N–H and O–H groups in total.